The van der Waals surface area contributed by atoms with E-state index in [0.29, 0.717) is 24.6 Å². The van der Waals surface area contributed by atoms with Crippen LogP contribution < -0.4 is 10.0 Å². The summed E-state index contributed by atoms with van der Waals surface area (Å²) in [5.74, 6) is 0.678. The number of nitrogens with one attached hydrogen (secondary N) is 2. The van der Waals surface area contributed by atoms with Gasteiger partial charge in [-0.3, -0.25) is 0 Å². The van der Waals surface area contributed by atoms with E-state index in [1.165, 1.54) is 0 Å². The average molecular weight is 454 g/mol. The molecule has 172 valence electrons. The molecule has 2 N–H and O–H groups in total. The Kier molecular flexibility index (Phi) is 7.28. The molecule has 2 heterocycles. The lowest BCUT2D eigenvalue weighted by molar-refractivity contribution is 0.430. The van der Waals surface area contributed by atoms with Crippen molar-refractivity contribution in [3.63, 3.8) is 0 Å². The van der Waals surface area contributed by atoms with E-state index in [0.717, 1.165) is 24.9 Å². The molecule has 0 aliphatic heterocycles. The van der Waals surface area contributed by atoms with E-state index in [-0.39, 0.29) is 29.6 Å². The van der Waals surface area contributed by atoms with E-state index < -0.39 is 15.8 Å². The Morgan fingerprint density at radius 3 is 2.61 bits per heavy atom. The van der Waals surface area contributed by atoms with Crippen LogP contribution in [0.1, 0.15) is 45.0 Å². The fourth-order valence-electron chi connectivity index (χ4n) is 3.91. The topological polar surface area (TPSA) is 105 Å². The summed E-state index contributed by atoms with van der Waals surface area (Å²) in [5, 5.41) is 3.24. The van der Waals surface area contributed by atoms with Crippen LogP contribution in [0, 0.1) is 12.7 Å². The molecule has 31 heavy (non-hydrogen) atoms. The van der Waals surface area contributed by atoms with E-state index in [1.54, 1.807) is 6.20 Å². The third-order valence-electron chi connectivity index (χ3n) is 5.40. The fraction of sp³-hybridized carbons (Fsp3) is 0.650. The number of hydrogen-bond acceptors (Lipinski definition) is 7. The lowest BCUT2D eigenvalue weighted by Crippen LogP contribution is -2.38. The highest BCUT2D eigenvalue weighted by Crippen LogP contribution is 2.27. The van der Waals surface area contributed by atoms with Crippen molar-refractivity contribution in [3.8, 4) is 11.4 Å². The van der Waals surface area contributed by atoms with Gasteiger partial charge in [-0.25, -0.2) is 32.5 Å². The number of rotatable bonds is 9. The first-order chi connectivity index (χ1) is 14.6. The minimum atomic E-state index is -3.33. The van der Waals surface area contributed by atoms with Gasteiger partial charge in [0.05, 0.1) is 23.8 Å². The highest BCUT2D eigenvalue weighted by molar-refractivity contribution is 7.89. The first kappa shape index (κ1) is 23.6. The van der Waals surface area contributed by atoms with Gasteiger partial charge in [-0.2, -0.15) is 0 Å². The highest BCUT2D eigenvalue weighted by Gasteiger charge is 2.29. The summed E-state index contributed by atoms with van der Waals surface area (Å²) in [6, 6.07) is -0.00871. The zero-order chi connectivity index (χ0) is 22.8. The van der Waals surface area contributed by atoms with E-state index in [1.807, 2.05) is 44.3 Å². The lowest BCUT2D eigenvalue weighted by Gasteiger charge is -2.17. The van der Waals surface area contributed by atoms with Crippen LogP contribution in [0.25, 0.3) is 11.4 Å². The Morgan fingerprint density at radius 2 is 1.94 bits per heavy atom. The van der Waals surface area contributed by atoms with Crippen molar-refractivity contribution in [1.82, 2.24) is 29.1 Å². The van der Waals surface area contributed by atoms with Crippen molar-refractivity contribution in [3.05, 3.63) is 24.0 Å². The maximum Gasteiger partial charge on any atom is 0.223 e. The van der Waals surface area contributed by atoms with E-state index in [9.17, 15) is 12.8 Å². The molecule has 11 heteroatoms. The number of sulfonamides is 1. The fourth-order valence-corrected chi connectivity index (χ4v) is 5.36. The number of nitrogens with zero attached hydrogens (tertiary/aromatic N) is 5. The van der Waals surface area contributed by atoms with Crippen LogP contribution in [0.2, 0.25) is 0 Å². The molecule has 2 atom stereocenters. The first-order valence-corrected chi connectivity index (χ1v) is 12.2. The maximum absolute atomic E-state index is 14.5. The summed E-state index contributed by atoms with van der Waals surface area (Å²) in [6.45, 7) is 6.37. The second-order valence-electron chi connectivity index (χ2n) is 8.64. The largest absolute Gasteiger partial charge is 0.351 e. The van der Waals surface area contributed by atoms with Gasteiger partial charge < -0.3 is 14.8 Å². The first-order valence-electron chi connectivity index (χ1n) is 10.5. The van der Waals surface area contributed by atoms with Gasteiger partial charge in [-0.1, -0.05) is 0 Å². The van der Waals surface area contributed by atoms with Crippen molar-refractivity contribution in [2.45, 2.75) is 58.2 Å². The molecule has 0 radical (unpaired) electrons. The molecule has 2 aromatic rings. The number of aromatic nitrogens is 4. The molecule has 0 bridgehead atoms. The molecule has 0 amide bonds. The van der Waals surface area contributed by atoms with E-state index >= 15 is 0 Å². The van der Waals surface area contributed by atoms with Gasteiger partial charge in [0, 0.05) is 24.7 Å². The van der Waals surface area contributed by atoms with Crippen LogP contribution in [-0.2, 0) is 10.0 Å². The van der Waals surface area contributed by atoms with Gasteiger partial charge in [0.1, 0.15) is 11.5 Å². The Bertz CT molecular complexity index is 1010. The second kappa shape index (κ2) is 9.58. The van der Waals surface area contributed by atoms with Crippen molar-refractivity contribution in [2.24, 2.45) is 0 Å². The summed E-state index contributed by atoms with van der Waals surface area (Å²) < 4.78 is 43.7. The molecular formula is C20H32FN7O2S. The molecule has 3 rings (SSSR count). The second-order valence-corrected chi connectivity index (χ2v) is 10.5. The number of aryl methyl sites for hydroxylation is 1. The summed E-state index contributed by atoms with van der Waals surface area (Å²) in [7, 11) is 0.364. The zero-order valence-corrected chi connectivity index (χ0v) is 19.6. The zero-order valence-electron chi connectivity index (χ0n) is 18.8. The van der Waals surface area contributed by atoms with Crippen LogP contribution in [-0.4, -0.2) is 71.3 Å². The monoisotopic (exact) mass is 453 g/mol. The quantitative estimate of drug-likeness (QED) is 0.600. The normalized spacial score (nSPS) is 19.5. The molecule has 1 saturated carbocycles. The molecule has 2 aromatic heterocycles. The van der Waals surface area contributed by atoms with Crippen LogP contribution in [0.3, 0.4) is 0 Å². The van der Waals surface area contributed by atoms with Gasteiger partial charge in [0.2, 0.25) is 16.0 Å². The Balaban J connectivity index is 1.68. The average Bonchev–Trinajstić information content (AvgIpc) is 3.27. The maximum atomic E-state index is 14.5. The molecule has 0 saturated heterocycles. The van der Waals surface area contributed by atoms with E-state index in [4.69, 9.17) is 0 Å². The molecule has 9 nitrogen and oxygen atoms in total. The predicted octanol–water partition coefficient (Wildman–Crippen LogP) is 2.18. The molecular weight excluding hydrogens is 421 g/mol. The summed E-state index contributed by atoms with van der Waals surface area (Å²) in [5.41, 5.74) is 0.805. The number of imidazole rings is 1. The SMILES string of the molecule is Cc1ncc(-c2nc(NC3CCC(NS(=O)(=O)CCN(C)C)C3)ncc2F)n1C(C)C. The lowest BCUT2D eigenvalue weighted by atomic mass is 10.2. The molecule has 2 unspecified atom stereocenters. The molecule has 1 fully saturated rings. The Morgan fingerprint density at radius 1 is 1.23 bits per heavy atom. The Labute approximate surface area is 183 Å². The summed E-state index contributed by atoms with van der Waals surface area (Å²) in [4.78, 5) is 14.6. The van der Waals surface area contributed by atoms with Crippen molar-refractivity contribution < 1.29 is 12.8 Å². The van der Waals surface area contributed by atoms with Crippen molar-refractivity contribution in [2.75, 3.05) is 31.7 Å². The Hall–Kier alpha value is -2.11. The minimum Gasteiger partial charge on any atom is -0.351 e. The summed E-state index contributed by atoms with van der Waals surface area (Å²) >= 11 is 0. The minimum absolute atomic E-state index is 0.0107. The van der Waals surface area contributed by atoms with Gasteiger partial charge in [0.15, 0.2) is 5.82 Å². The van der Waals surface area contributed by atoms with Gasteiger partial charge in [-0.05, 0) is 54.1 Å². The van der Waals surface area contributed by atoms with Crippen LogP contribution in [0.5, 0.6) is 0 Å². The smallest absolute Gasteiger partial charge is 0.223 e. The third-order valence-corrected chi connectivity index (χ3v) is 6.82. The van der Waals surface area contributed by atoms with E-state index in [2.05, 4.69) is 25.0 Å². The predicted molar refractivity (Wildman–Crippen MR) is 119 cm³/mol. The number of anilines is 1. The molecule has 1 aliphatic carbocycles. The van der Waals surface area contributed by atoms with Gasteiger partial charge >= 0.3 is 0 Å². The standard InChI is InChI=1S/C20H32FN7O2S/c1-13(2)28-14(3)22-12-18(28)19-17(21)11-23-20(25-19)24-15-6-7-16(10-15)26-31(29,30)9-8-27(4)5/h11-13,15-16,26H,6-10H2,1-5H3,(H,23,24,25). The van der Waals surface area contributed by atoms with Crippen LogP contribution in [0.15, 0.2) is 12.4 Å². The summed E-state index contributed by atoms with van der Waals surface area (Å²) in [6.07, 6.45) is 4.92. The van der Waals surface area contributed by atoms with Crippen molar-refractivity contribution in [1.29, 1.82) is 0 Å². The molecule has 1 aliphatic rings. The van der Waals surface area contributed by atoms with Crippen molar-refractivity contribution >= 4 is 16.0 Å². The highest BCUT2D eigenvalue weighted by atomic mass is 32.2. The third kappa shape index (κ3) is 5.98. The number of halogens is 1. The van der Waals surface area contributed by atoms with Crippen LogP contribution in [0.4, 0.5) is 10.3 Å². The van der Waals surface area contributed by atoms with Gasteiger partial charge in [0.25, 0.3) is 0 Å². The van der Waals surface area contributed by atoms with Crippen LogP contribution >= 0.6 is 0 Å². The van der Waals surface area contributed by atoms with Gasteiger partial charge in [-0.15, -0.1) is 0 Å². The molecule has 0 spiro atoms. The molecule has 0 aromatic carbocycles. The number of hydrogen-bond donors (Lipinski definition) is 2.